The van der Waals surface area contributed by atoms with Crippen molar-refractivity contribution in [2.45, 2.75) is 17.9 Å². The number of allylic oxidation sites excluding steroid dienone is 1. The minimum absolute atomic E-state index is 0.164. The second-order valence-corrected chi connectivity index (χ2v) is 7.22. The van der Waals surface area contributed by atoms with Crippen LogP contribution < -0.4 is 0 Å². The molecule has 1 aromatic carbocycles. The van der Waals surface area contributed by atoms with Gasteiger partial charge in [0.25, 0.3) is 0 Å². The molecule has 1 aromatic heterocycles. The van der Waals surface area contributed by atoms with Crippen LogP contribution in [-0.2, 0) is 11.3 Å². The van der Waals surface area contributed by atoms with Crippen LogP contribution in [0.5, 0.6) is 0 Å². The molecule has 140 valence electrons. The van der Waals surface area contributed by atoms with Gasteiger partial charge in [0.05, 0.1) is 5.75 Å². The highest BCUT2D eigenvalue weighted by Crippen LogP contribution is 2.26. The van der Waals surface area contributed by atoms with E-state index in [1.165, 1.54) is 0 Å². The van der Waals surface area contributed by atoms with Crippen LogP contribution in [0.4, 0.5) is 13.2 Å². The summed E-state index contributed by atoms with van der Waals surface area (Å²) in [5.74, 6) is -0.205. The van der Waals surface area contributed by atoms with Gasteiger partial charge in [-0.05, 0) is 12.1 Å². The minimum atomic E-state index is -4.42. The molecule has 0 saturated heterocycles. The number of hydrogen-bond acceptors (Lipinski definition) is 4. The van der Waals surface area contributed by atoms with E-state index in [4.69, 9.17) is 0 Å². The van der Waals surface area contributed by atoms with Gasteiger partial charge in [-0.1, -0.05) is 45.9 Å². The van der Waals surface area contributed by atoms with Gasteiger partial charge in [-0.25, -0.2) is 0 Å². The third kappa shape index (κ3) is 5.60. The lowest BCUT2D eigenvalue weighted by atomic mass is 10.2. The van der Waals surface area contributed by atoms with Crippen LogP contribution in [-0.4, -0.2) is 51.1 Å². The highest BCUT2D eigenvalue weighted by Gasteiger charge is 2.31. The van der Waals surface area contributed by atoms with E-state index in [9.17, 15) is 18.0 Å². The zero-order valence-corrected chi connectivity index (χ0v) is 16.2. The zero-order valence-electron chi connectivity index (χ0n) is 13.8. The second kappa shape index (κ2) is 8.72. The Morgan fingerprint density at radius 3 is 2.58 bits per heavy atom. The van der Waals surface area contributed by atoms with Gasteiger partial charge < -0.3 is 4.90 Å². The zero-order chi connectivity index (χ0) is 19.3. The van der Waals surface area contributed by atoms with Gasteiger partial charge in [0.15, 0.2) is 11.0 Å². The first-order valence-electron chi connectivity index (χ1n) is 7.45. The summed E-state index contributed by atoms with van der Waals surface area (Å²) >= 11 is 4.40. The molecule has 2 rings (SSSR count). The van der Waals surface area contributed by atoms with Gasteiger partial charge >= 0.3 is 6.18 Å². The Hall–Kier alpha value is -1.81. The summed E-state index contributed by atoms with van der Waals surface area (Å²) in [5.41, 5.74) is 0.829. The number of halogens is 4. The standard InChI is InChI=1S/C16H16BrF3N4OS/c1-3-8-24-14(11-4-6-12(17)7-5-11)21-22-15(24)26-9-13(25)23(2)10-16(18,19)20/h3-7H,1,8-10H2,2H3. The van der Waals surface area contributed by atoms with Crippen molar-refractivity contribution < 1.29 is 18.0 Å². The maximum atomic E-state index is 12.4. The summed E-state index contributed by atoms with van der Waals surface area (Å²) in [6.07, 6.45) is -2.76. The molecule has 2 aromatic rings. The van der Waals surface area contributed by atoms with E-state index in [1.54, 1.807) is 10.6 Å². The molecule has 0 atom stereocenters. The fourth-order valence-electron chi connectivity index (χ4n) is 2.10. The molecule has 1 heterocycles. The fraction of sp³-hybridized carbons (Fsp3) is 0.312. The molecule has 5 nitrogen and oxygen atoms in total. The number of benzene rings is 1. The number of alkyl halides is 3. The Labute approximate surface area is 161 Å². The molecular formula is C16H16BrF3N4OS. The fourth-order valence-corrected chi connectivity index (χ4v) is 3.25. The van der Waals surface area contributed by atoms with Crippen LogP contribution in [0.15, 0.2) is 46.5 Å². The van der Waals surface area contributed by atoms with E-state index >= 15 is 0 Å². The summed E-state index contributed by atoms with van der Waals surface area (Å²) in [6.45, 7) is 2.82. The molecule has 26 heavy (non-hydrogen) atoms. The van der Waals surface area contributed by atoms with Crippen molar-refractivity contribution in [2.24, 2.45) is 0 Å². The van der Waals surface area contributed by atoms with Gasteiger partial charge in [-0.3, -0.25) is 9.36 Å². The maximum Gasteiger partial charge on any atom is 0.406 e. The van der Waals surface area contributed by atoms with Crippen LogP contribution in [0.2, 0.25) is 0 Å². The summed E-state index contributed by atoms with van der Waals surface area (Å²) in [6, 6.07) is 7.46. The topological polar surface area (TPSA) is 51.0 Å². The Balaban J connectivity index is 2.13. The average Bonchev–Trinajstić information content (AvgIpc) is 2.95. The monoisotopic (exact) mass is 448 g/mol. The molecule has 0 N–H and O–H groups in total. The first-order valence-corrected chi connectivity index (χ1v) is 9.22. The number of carbonyl (C=O) groups is 1. The van der Waals surface area contributed by atoms with Crippen molar-refractivity contribution in [1.82, 2.24) is 19.7 Å². The first-order chi connectivity index (χ1) is 12.2. The second-order valence-electron chi connectivity index (χ2n) is 5.37. The van der Waals surface area contributed by atoms with Crippen LogP contribution in [0, 0.1) is 0 Å². The highest BCUT2D eigenvalue weighted by molar-refractivity contribution is 9.10. The van der Waals surface area contributed by atoms with Gasteiger partial charge in [0, 0.05) is 23.6 Å². The van der Waals surface area contributed by atoms with Gasteiger partial charge in [-0.15, -0.1) is 16.8 Å². The Morgan fingerprint density at radius 1 is 1.35 bits per heavy atom. The van der Waals surface area contributed by atoms with Crippen molar-refractivity contribution in [1.29, 1.82) is 0 Å². The number of thioether (sulfide) groups is 1. The van der Waals surface area contributed by atoms with E-state index < -0.39 is 18.6 Å². The van der Waals surface area contributed by atoms with Crippen molar-refractivity contribution in [3.8, 4) is 11.4 Å². The SMILES string of the molecule is C=CCn1c(SCC(=O)N(C)CC(F)(F)F)nnc1-c1ccc(Br)cc1. The van der Waals surface area contributed by atoms with Crippen LogP contribution in [0.1, 0.15) is 0 Å². The van der Waals surface area contributed by atoms with E-state index in [-0.39, 0.29) is 5.75 Å². The number of carbonyl (C=O) groups excluding carboxylic acids is 1. The molecule has 0 unspecified atom stereocenters. The maximum absolute atomic E-state index is 12.4. The molecule has 0 radical (unpaired) electrons. The van der Waals surface area contributed by atoms with E-state index in [0.717, 1.165) is 28.8 Å². The van der Waals surface area contributed by atoms with Crippen molar-refractivity contribution >= 4 is 33.6 Å². The summed E-state index contributed by atoms with van der Waals surface area (Å²) in [5, 5.41) is 8.65. The normalized spacial score (nSPS) is 11.4. The number of rotatable bonds is 7. The average molecular weight is 449 g/mol. The highest BCUT2D eigenvalue weighted by atomic mass is 79.9. The van der Waals surface area contributed by atoms with Gasteiger partial charge in [0.1, 0.15) is 6.54 Å². The number of aromatic nitrogens is 3. The smallest absolute Gasteiger partial charge is 0.336 e. The van der Waals surface area contributed by atoms with Crippen LogP contribution in [0.25, 0.3) is 11.4 Å². The van der Waals surface area contributed by atoms with E-state index in [2.05, 4.69) is 32.7 Å². The van der Waals surface area contributed by atoms with E-state index in [0.29, 0.717) is 22.4 Å². The van der Waals surface area contributed by atoms with E-state index in [1.807, 2.05) is 24.3 Å². The first kappa shape index (κ1) is 20.5. The Bertz CT molecular complexity index is 777. The molecule has 1 amide bonds. The predicted octanol–water partition coefficient (Wildman–Crippen LogP) is 4.01. The Kier molecular flexibility index (Phi) is 6.87. The molecule has 0 aliphatic carbocycles. The molecule has 0 bridgehead atoms. The molecule has 0 fully saturated rings. The lowest BCUT2D eigenvalue weighted by Crippen LogP contribution is -2.36. The van der Waals surface area contributed by atoms with Crippen LogP contribution in [0.3, 0.4) is 0 Å². The minimum Gasteiger partial charge on any atom is -0.336 e. The molecular weight excluding hydrogens is 433 g/mol. The lowest BCUT2D eigenvalue weighted by Gasteiger charge is -2.18. The summed E-state index contributed by atoms with van der Waals surface area (Å²) in [4.78, 5) is 12.5. The quantitative estimate of drug-likeness (QED) is 0.474. The molecule has 0 aliphatic rings. The van der Waals surface area contributed by atoms with Gasteiger partial charge in [-0.2, -0.15) is 13.2 Å². The Morgan fingerprint density at radius 2 is 2.00 bits per heavy atom. The number of hydrogen-bond donors (Lipinski definition) is 0. The number of nitrogens with zero attached hydrogens (tertiary/aromatic N) is 4. The van der Waals surface area contributed by atoms with Crippen LogP contribution >= 0.6 is 27.7 Å². The largest absolute Gasteiger partial charge is 0.406 e. The molecule has 10 heteroatoms. The number of amides is 1. The third-order valence-corrected chi connectivity index (χ3v) is 4.78. The summed E-state index contributed by atoms with van der Waals surface area (Å²) in [7, 11) is 1.12. The van der Waals surface area contributed by atoms with Crippen molar-refractivity contribution in [2.75, 3.05) is 19.3 Å². The predicted molar refractivity (Wildman–Crippen MR) is 97.8 cm³/mol. The van der Waals surface area contributed by atoms with Crippen molar-refractivity contribution in [3.05, 3.63) is 41.4 Å². The molecule has 0 spiro atoms. The summed E-state index contributed by atoms with van der Waals surface area (Å²) < 4.78 is 39.8. The molecule has 0 saturated carbocycles. The molecule has 0 aliphatic heterocycles. The van der Waals surface area contributed by atoms with Gasteiger partial charge in [0.2, 0.25) is 5.91 Å². The third-order valence-electron chi connectivity index (χ3n) is 3.30. The lowest BCUT2D eigenvalue weighted by molar-refractivity contribution is -0.156. The van der Waals surface area contributed by atoms with Crippen molar-refractivity contribution in [3.63, 3.8) is 0 Å².